The van der Waals surface area contributed by atoms with Crippen LogP contribution < -0.4 is 10.4 Å². The quantitative estimate of drug-likeness (QED) is 0.868. The summed E-state index contributed by atoms with van der Waals surface area (Å²) in [6.07, 6.45) is 0. The monoisotopic (exact) mass is 248 g/mol. The molecule has 1 aromatic heterocycles. The van der Waals surface area contributed by atoms with Crippen molar-refractivity contribution in [3.05, 3.63) is 34.2 Å². The number of ether oxygens (including phenoxy) is 1. The first kappa shape index (κ1) is 12.3. The third kappa shape index (κ3) is 2.13. The van der Waals surface area contributed by atoms with Gasteiger partial charge in [0.25, 0.3) is 0 Å². The Morgan fingerprint density at radius 2 is 2.06 bits per heavy atom. The van der Waals surface area contributed by atoms with E-state index in [1.165, 1.54) is 4.68 Å². The van der Waals surface area contributed by atoms with Crippen LogP contribution in [0.15, 0.2) is 23.0 Å². The third-order valence-electron chi connectivity index (χ3n) is 2.75. The number of aromatic amines is 1. The van der Waals surface area contributed by atoms with Gasteiger partial charge in [0.1, 0.15) is 11.4 Å². The molecule has 2 aromatic rings. The van der Waals surface area contributed by atoms with Crippen LogP contribution in [0.5, 0.6) is 5.75 Å². The SMILES string of the molecule is COc1ccc(C(C)(C)C)cc1-n1nn[nH]c1=O. The van der Waals surface area contributed by atoms with E-state index in [1.54, 1.807) is 7.11 Å². The minimum Gasteiger partial charge on any atom is -0.494 e. The highest BCUT2D eigenvalue weighted by molar-refractivity contribution is 5.49. The van der Waals surface area contributed by atoms with Crippen LogP contribution in [0, 0.1) is 0 Å². The molecule has 1 heterocycles. The van der Waals surface area contributed by atoms with Crippen LogP contribution in [-0.2, 0) is 5.41 Å². The Morgan fingerprint density at radius 3 is 2.56 bits per heavy atom. The van der Waals surface area contributed by atoms with Crippen LogP contribution in [0.2, 0.25) is 0 Å². The van der Waals surface area contributed by atoms with Crippen LogP contribution in [0.3, 0.4) is 0 Å². The summed E-state index contributed by atoms with van der Waals surface area (Å²) < 4.78 is 6.44. The molecule has 0 aliphatic heterocycles. The van der Waals surface area contributed by atoms with Crippen molar-refractivity contribution in [3.63, 3.8) is 0 Å². The molecule has 0 unspecified atom stereocenters. The molecule has 2 rings (SSSR count). The van der Waals surface area contributed by atoms with Gasteiger partial charge in [-0.3, -0.25) is 0 Å². The van der Waals surface area contributed by atoms with Crippen LogP contribution >= 0.6 is 0 Å². The van der Waals surface area contributed by atoms with Crippen molar-refractivity contribution >= 4 is 0 Å². The first-order valence-corrected chi connectivity index (χ1v) is 5.63. The van der Waals surface area contributed by atoms with Gasteiger partial charge in [-0.15, -0.1) is 0 Å². The highest BCUT2D eigenvalue weighted by atomic mass is 16.5. The van der Waals surface area contributed by atoms with Gasteiger partial charge in [0.05, 0.1) is 7.11 Å². The number of nitrogens with zero attached hydrogens (tertiary/aromatic N) is 3. The number of H-pyrrole nitrogens is 1. The maximum atomic E-state index is 11.6. The number of hydrogen-bond donors (Lipinski definition) is 1. The molecule has 6 heteroatoms. The van der Waals surface area contributed by atoms with E-state index in [2.05, 4.69) is 36.3 Å². The maximum absolute atomic E-state index is 11.6. The molecule has 0 radical (unpaired) electrons. The van der Waals surface area contributed by atoms with Crippen LogP contribution in [-0.4, -0.2) is 27.3 Å². The van der Waals surface area contributed by atoms with Crippen molar-refractivity contribution in [2.24, 2.45) is 0 Å². The number of rotatable bonds is 2. The molecule has 0 aliphatic rings. The fourth-order valence-corrected chi connectivity index (χ4v) is 1.68. The van der Waals surface area contributed by atoms with Gasteiger partial charge in [0, 0.05) is 0 Å². The Kier molecular flexibility index (Phi) is 2.94. The minimum absolute atomic E-state index is 0.0195. The van der Waals surface area contributed by atoms with Gasteiger partial charge < -0.3 is 4.74 Å². The van der Waals surface area contributed by atoms with E-state index < -0.39 is 0 Å². The van der Waals surface area contributed by atoms with Crippen molar-refractivity contribution in [3.8, 4) is 11.4 Å². The second kappa shape index (κ2) is 4.29. The topological polar surface area (TPSA) is 72.8 Å². The summed E-state index contributed by atoms with van der Waals surface area (Å²) in [6.45, 7) is 6.30. The van der Waals surface area contributed by atoms with Crippen molar-refractivity contribution in [1.29, 1.82) is 0 Å². The molecule has 0 bridgehead atoms. The zero-order valence-electron chi connectivity index (χ0n) is 10.9. The van der Waals surface area contributed by atoms with E-state index in [1.807, 2.05) is 18.2 Å². The summed E-state index contributed by atoms with van der Waals surface area (Å²) in [6, 6.07) is 5.70. The molecule has 18 heavy (non-hydrogen) atoms. The number of hydrogen-bond acceptors (Lipinski definition) is 4. The zero-order chi connectivity index (χ0) is 13.3. The Bertz CT molecular complexity index is 607. The van der Waals surface area contributed by atoms with Gasteiger partial charge >= 0.3 is 5.69 Å². The molecule has 0 saturated carbocycles. The van der Waals surface area contributed by atoms with Crippen LogP contribution in [0.4, 0.5) is 0 Å². The predicted molar refractivity (Wildman–Crippen MR) is 67.2 cm³/mol. The first-order chi connectivity index (χ1) is 8.43. The van der Waals surface area contributed by atoms with Gasteiger partial charge in [0.2, 0.25) is 0 Å². The largest absolute Gasteiger partial charge is 0.494 e. The Morgan fingerprint density at radius 1 is 1.33 bits per heavy atom. The zero-order valence-corrected chi connectivity index (χ0v) is 10.9. The standard InChI is InChI=1S/C12H16N4O2/c1-12(2,3)8-5-6-10(18-4)9(7-8)16-11(17)13-14-15-16/h5-7H,1-4H3,(H,13,15,17). The summed E-state index contributed by atoms with van der Waals surface area (Å²) in [5.41, 5.74) is 1.27. The molecule has 0 fully saturated rings. The average Bonchev–Trinajstić information content (AvgIpc) is 2.73. The number of benzene rings is 1. The summed E-state index contributed by atoms with van der Waals surface area (Å²) >= 11 is 0. The maximum Gasteiger partial charge on any atom is 0.365 e. The average molecular weight is 248 g/mol. The molecule has 6 nitrogen and oxygen atoms in total. The van der Waals surface area contributed by atoms with E-state index >= 15 is 0 Å². The summed E-state index contributed by atoms with van der Waals surface area (Å²) in [4.78, 5) is 11.6. The van der Waals surface area contributed by atoms with Gasteiger partial charge in [0.15, 0.2) is 0 Å². The molecule has 0 saturated heterocycles. The lowest BCUT2D eigenvalue weighted by molar-refractivity contribution is 0.410. The second-order valence-electron chi connectivity index (χ2n) is 5.05. The Hall–Kier alpha value is -2.11. The summed E-state index contributed by atoms with van der Waals surface area (Å²) in [7, 11) is 1.56. The molecular weight excluding hydrogens is 232 g/mol. The minimum atomic E-state index is -0.389. The number of aromatic nitrogens is 4. The molecule has 0 spiro atoms. The lowest BCUT2D eigenvalue weighted by Crippen LogP contribution is -2.18. The highest BCUT2D eigenvalue weighted by Gasteiger charge is 2.18. The molecule has 0 aliphatic carbocycles. The smallest absolute Gasteiger partial charge is 0.365 e. The number of nitrogens with one attached hydrogen (secondary N) is 1. The van der Waals surface area contributed by atoms with E-state index in [-0.39, 0.29) is 11.1 Å². The van der Waals surface area contributed by atoms with E-state index in [0.29, 0.717) is 11.4 Å². The van der Waals surface area contributed by atoms with Crippen LogP contribution in [0.25, 0.3) is 5.69 Å². The molecular formula is C12H16N4O2. The molecule has 1 aromatic carbocycles. The van der Waals surface area contributed by atoms with Crippen molar-refractivity contribution in [1.82, 2.24) is 20.2 Å². The van der Waals surface area contributed by atoms with Gasteiger partial charge in [-0.25, -0.2) is 9.89 Å². The van der Waals surface area contributed by atoms with Crippen LogP contribution in [0.1, 0.15) is 26.3 Å². The normalized spacial score (nSPS) is 11.6. The lowest BCUT2D eigenvalue weighted by atomic mass is 9.87. The summed E-state index contributed by atoms with van der Waals surface area (Å²) in [5, 5.41) is 9.49. The molecule has 1 N–H and O–H groups in total. The predicted octanol–water partition coefficient (Wildman–Crippen LogP) is 1.26. The van der Waals surface area contributed by atoms with Gasteiger partial charge in [-0.1, -0.05) is 26.8 Å². The van der Waals surface area contributed by atoms with E-state index in [9.17, 15) is 4.79 Å². The molecule has 96 valence electrons. The highest BCUT2D eigenvalue weighted by Crippen LogP contribution is 2.29. The fraction of sp³-hybridized carbons (Fsp3) is 0.417. The Labute approximate surface area is 105 Å². The second-order valence-corrected chi connectivity index (χ2v) is 5.05. The Balaban J connectivity index is 2.64. The van der Waals surface area contributed by atoms with E-state index in [4.69, 9.17) is 4.74 Å². The number of tetrazole rings is 1. The fourth-order valence-electron chi connectivity index (χ4n) is 1.68. The third-order valence-corrected chi connectivity index (χ3v) is 2.75. The molecule has 0 atom stereocenters. The van der Waals surface area contributed by atoms with Crippen molar-refractivity contribution in [2.45, 2.75) is 26.2 Å². The van der Waals surface area contributed by atoms with Gasteiger partial charge in [-0.05, 0) is 33.5 Å². The summed E-state index contributed by atoms with van der Waals surface area (Å²) in [5.74, 6) is 0.582. The van der Waals surface area contributed by atoms with Crippen molar-refractivity contribution in [2.75, 3.05) is 7.11 Å². The van der Waals surface area contributed by atoms with Crippen molar-refractivity contribution < 1.29 is 4.74 Å². The lowest BCUT2D eigenvalue weighted by Gasteiger charge is -2.20. The first-order valence-electron chi connectivity index (χ1n) is 5.63. The van der Waals surface area contributed by atoms with E-state index in [0.717, 1.165) is 5.56 Å². The van der Waals surface area contributed by atoms with Gasteiger partial charge in [-0.2, -0.15) is 4.68 Å². The molecule has 0 amide bonds. The number of methoxy groups -OCH3 is 1.